The van der Waals surface area contributed by atoms with Crippen molar-refractivity contribution < 1.29 is 0 Å². The Bertz CT molecular complexity index is 2730. The molecule has 0 saturated carbocycles. The number of benzene rings is 9. The molecule has 2 nitrogen and oxygen atoms in total. The number of fused-ring (bicyclic) bond motifs is 2. The van der Waals surface area contributed by atoms with Crippen LogP contribution in [0.2, 0.25) is 0 Å². The molecule has 0 aliphatic rings. The first-order chi connectivity index (χ1) is 26.6. The molecule has 9 rings (SSSR count). The Hall–Kier alpha value is -6.90. The number of anilines is 6. The number of hydrogen-bond donors (Lipinski definition) is 0. The quantitative estimate of drug-likeness (QED) is 0.156. The van der Waals surface area contributed by atoms with Crippen LogP contribution in [-0.2, 0) is 0 Å². The molecule has 258 valence electrons. The zero-order chi connectivity index (χ0) is 36.4. The third kappa shape index (κ3) is 6.40. The summed E-state index contributed by atoms with van der Waals surface area (Å²) in [7, 11) is 0. The van der Waals surface area contributed by atoms with Gasteiger partial charge in [-0.05, 0) is 113 Å². The van der Waals surface area contributed by atoms with Crippen LogP contribution < -0.4 is 9.80 Å². The fourth-order valence-corrected chi connectivity index (χ4v) is 7.68. The van der Waals surface area contributed by atoms with Gasteiger partial charge in [-0.3, -0.25) is 0 Å². The minimum Gasteiger partial charge on any atom is -0.310 e. The molecule has 0 fully saturated rings. The summed E-state index contributed by atoms with van der Waals surface area (Å²) in [6.45, 7) is 4.30. The van der Waals surface area contributed by atoms with Crippen molar-refractivity contribution >= 4 is 55.7 Å². The molecule has 0 saturated heterocycles. The van der Waals surface area contributed by atoms with Crippen molar-refractivity contribution in [3.8, 4) is 22.3 Å². The monoisotopic (exact) mass is 692 g/mol. The van der Waals surface area contributed by atoms with E-state index in [2.05, 4.69) is 230 Å². The standard InChI is InChI=1S/C52H40N2/c1-37-12-7-18-43(34-37)44-19-9-21-48(36-44)54(52-25-11-17-42-15-4-6-23-50(42)52)46-32-28-40(29-33-46)39-26-30-45(31-27-39)53(47-20-8-13-38(2)35-47)51-24-10-16-41-14-3-5-22-49(41)51/h3-36H,1-2H3. The van der Waals surface area contributed by atoms with Crippen molar-refractivity contribution in [3.63, 3.8) is 0 Å². The van der Waals surface area contributed by atoms with E-state index >= 15 is 0 Å². The van der Waals surface area contributed by atoms with Gasteiger partial charge < -0.3 is 9.80 Å². The molecule has 0 aromatic heterocycles. The van der Waals surface area contributed by atoms with Crippen LogP contribution in [0, 0.1) is 13.8 Å². The molecule has 0 heterocycles. The minimum absolute atomic E-state index is 1.11. The van der Waals surface area contributed by atoms with E-state index in [0.29, 0.717) is 0 Å². The van der Waals surface area contributed by atoms with E-state index in [0.717, 1.165) is 34.1 Å². The smallest absolute Gasteiger partial charge is 0.0540 e. The van der Waals surface area contributed by atoms with Gasteiger partial charge in [-0.1, -0.05) is 151 Å². The number of nitrogens with zero attached hydrogens (tertiary/aromatic N) is 2. The zero-order valence-corrected chi connectivity index (χ0v) is 30.5. The van der Waals surface area contributed by atoms with E-state index in [1.165, 1.54) is 54.9 Å². The van der Waals surface area contributed by atoms with Crippen molar-refractivity contribution in [2.75, 3.05) is 9.80 Å². The minimum atomic E-state index is 1.11. The molecule has 0 bridgehead atoms. The van der Waals surface area contributed by atoms with E-state index in [1.807, 2.05) is 0 Å². The lowest BCUT2D eigenvalue weighted by Crippen LogP contribution is -2.11. The van der Waals surface area contributed by atoms with E-state index in [9.17, 15) is 0 Å². The van der Waals surface area contributed by atoms with Gasteiger partial charge in [0.2, 0.25) is 0 Å². The van der Waals surface area contributed by atoms with Crippen LogP contribution >= 0.6 is 0 Å². The molecule has 2 heteroatoms. The molecule has 0 spiro atoms. The maximum atomic E-state index is 2.39. The fourth-order valence-electron chi connectivity index (χ4n) is 7.68. The third-order valence-corrected chi connectivity index (χ3v) is 10.3. The lowest BCUT2D eigenvalue weighted by molar-refractivity contribution is 1.28. The van der Waals surface area contributed by atoms with Crippen LogP contribution in [0.3, 0.4) is 0 Å². The maximum Gasteiger partial charge on any atom is 0.0540 e. The molecule has 54 heavy (non-hydrogen) atoms. The molecular formula is C52H40N2. The first kappa shape index (κ1) is 33.0. The Morgan fingerprint density at radius 2 is 0.685 bits per heavy atom. The van der Waals surface area contributed by atoms with E-state index in [1.54, 1.807) is 0 Å². The highest BCUT2D eigenvalue weighted by molar-refractivity contribution is 6.00. The Morgan fingerprint density at radius 3 is 1.20 bits per heavy atom. The highest BCUT2D eigenvalue weighted by Crippen LogP contribution is 2.42. The summed E-state index contributed by atoms with van der Waals surface area (Å²) in [5.41, 5.74) is 14.0. The van der Waals surface area contributed by atoms with Crippen LogP contribution in [0.25, 0.3) is 43.8 Å². The Kier molecular flexibility index (Phi) is 8.70. The van der Waals surface area contributed by atoms with Gasteiger partial charge in [0, 0.05) is 33.5 Å². The van der Waals surface area contributed by atoms with Crippen molar-refractivity contribution in [2.45, 2.75) is 13.8 Å². The van der Waals surface area contributed by atoms with E-state index in [-0.39, 0.29) is 0 Å². The summed E-state index contributed by atoms with van der Waals surface area (Å²) in [5.74, 6) is 0. The number of aryl methyl sites for hydroxylation is 2. The van der Waals surface area contributed by atoms with Crippen molar-refractivity contribution in [1.29, 1.82) is 0 Å². The molecule has 0 N–H and O–H groups in total. The molecular weight excluding hydrogens is 653 g/mol. The van der Waals surface area contributed by atoms with Gasteiger partial charge in [0.25, 0.3) is 0 Å². The predicted octanol–water partition coefficient (Wildman–Crippen LogP) is 14.9. The Morgan fingerprint density at radius 1 is 0.278 bits per heavy atom. The zero-order valence-electron chi connectivity index (χ0n) is 30.5. The summed E-state index contributed by atoms with van der Waals surface area (Å²) < 4.78 is 0. The fraction of sp³-hybridized carbons (Fsp3) is 0.0385. The summed E-state index contributed by atoms with van der Waals surface area (Å²) in [5, 5.41) is 4.88. The largest absolute Gasteiger partial charge is 0.310 e. The summed E-state index contributed by atoms with van der Waals surface area (Å²) in [6.07, 6.45) is 0. The lowest BCUT2D eigenvalue weighted by atomic mass is 10.0. The van der Waals surface area contributed by atoms with Gasteiger partial charge in [-0.25, -0.2) is 0 Å². The molecule has 0 aliphatic carbocycles. The van der Waals surface area contributed by atoms with Crippen LogP contribution in [0.15, 0.2) is 206 Å². The molecule has 9 aromatic carbocycles. The van der Waals surface area contributed by atoms with Gasteiger partial charge in [0.15, 0.2) is 0 Å². The van der Waals surface area contributed by atoms with Crippen LogP contribution in [-0.4, -0.2) is 0 Å². The van der Waals surface area contributed by atoms with E-state index in [4.69, 9.17) is 0 Å². The average molecular weight is 693 g/mol. The first-order valence-electron chi connectivity index (χ1n) is 18.6. The van der Waals surface area contributed by atoms with Crippen molar-refractivity contribution in [3.05, 3.63) is 217 Å². The second-order valence-electron chi connectivity index (χ2n) is 14.0. The van der Waals surface area contributed by atoms with Crippen molar-refractivity contribution in [1.82, 2.24) is 0 Å². The first-order valence-corrected chi connectivity index (χ1v) is 18.6. The maximum absolute atomic E-state index is 2.39. The molecule has 0 atom stereocenters. The molecule has 0 unspecified atom stereocenters. The van der Waals surface area contributed by atoms with Crippen LogP contribution in [0.1, 0.15) is 11.1 Å². The second-order valence-corrected chi connectivity index (χ2v) is 14.0. The normalized spacial score (nSPS) is 11.1. The molecule has 0 amide bonds. The van der Waals surface area contributed by atoms with Crippen LogP contribution in [0.5, 0.6) is 0 Å². The van der Waals surface area contributed by atoms with Gasteiger partial charge in [-0.2, -0.15) is 0 Å². The molecule has 9 aromatic rings. The lowest BCUT2D eigenvalue weighted by Gasteiger charge is -2.28. The van der Waals surface area contributed by atoms with Gasteiger partial charge in [0.05, 0.1) is 11.4 Å². The molecule has 0 aliphatic heterocycles. The van der Waals surface area contributed by atoms with Crippen molar-refractivity contribution in [2.24, 2.45) is 0 Å². The highest BCUT2D eigenvalue weighted by atomic mass is 15.1. The Labute approximate surface area is 317 Å². The topological polar surface area (TPSA) is 6.48 Å². The summed E-state index contributed by atoms with van der Waals surface area (Å²) in [6, 6.07) is 74.7. The van der Waals surface area contributed by atoms with Gasteiger partial charge in [0.1, 0.15) is 0 Å². The predicted molar refractivity (Wildman–Crippen MR) is 231 cm³/mol. The Balaban J connectivity index is 1.10. The number of hydrogen-bond acceptors (Lipinski definition) is 2. The summed E-state index contributed by atoms with van der Waals surface area (Å²) in [4.78, 5) is 4.76. The molecule has 0 radical (unpaired) electrons. The second kappa shape index (κ2) is 14.3. The van der Waals surface area contributed by atoms with Crippen LogP contribution in [0.4, 0.5) is 34.1 Å². The van der Waals surface area contributed by atoms with Gasteiger partial charge >= 0.3 is 0 Å². The SMILES string of the molecule is Cc1cccc(-c2cccc(N(c3ccc(-c4ccc(N(c5cccc(C)c5)c5cccc6ccccc56)cc4)cc3)c3cccc4ccccc34)c2)c1. The van der Waals surface area contributed by atoms with E-state index < -0.39 is 0 Å². The average Bonchev–Trinajstić information content (AvgIpc) is 3.22. The number of rotatable bonds is 8. The van der Waals surface area contributed by atoms with Gasteiger partial charge in [-0.15, -0.1) is 0 Å². The third-order valence-electron chi connectivity index (χ3n) is 10.3. The summed E-state index contributed by atoms with van der Waals surface area (Å²) >= 11 is 0. The highest BCUT2D eigenvalue weighted by Gasteiger charge is 2.18.